The van der Waals surface area contributed by atoms with Gasteiger partial charge in [0.25, 0.3) is 10.0 Å². The Hall–Kier alpha value is -4.18. The SMILES string of the molecule is COC(=O)c1ccc(C(=O)OC)c(NC(=O)CN(c2cccc(C)c2C)S(=O)(=O)c2ccccc2)c1. The highest BCUT2D eigenvalue weighted by Gasteiger charge is 2.29. The number of nitrogens with one attached hydrogen (secondary N) is 1. The topological polar surface area (TPSA) is 119 Å². The lowest BCUT2D eigenvalue weighted by Crippen LogP contribution is -2.38. The van der Waals surface area contributed by atoms with Crippen molar-refractivity contribution in [3.63, 3.8) is 0 Å². The van der Waals surface area contributed by atoms with Crippen molar-refractivity contribution in [3.8, 4) is 0 Å². The summed E-state index contributed by atoms with van der Waals surface area (Å²) in [5, 5.41) is 2.55. The lowest BCUT2D eigenvalue weighted by molar-refractivity contribution is -0.114. The number of nitrogens with zero attached hydrogens (tertiary/aromatic N) is 1. The van der Waals surface area contributed by atoms with Crippen LogP contribution in [0.25, 0.3) is 0 Å². The van der Waals surface area contributed by atoms with E-state index in [1.54, 1.807) is 37.3 Å². The van der Waals surface area contributed by atoms with Gasteiger partial charge in [0.15, 0.2) is 0 Å². The Morgan fingerprint density at radius 1 is 0.861 bits per heavy atom. The molecule has 0 aliphatic heterocycles. The molecular formula is C26H26N2O7S. The third-order valence-electron chi connectivity index (χ3n) is 5.58. The van der Waals surface area contributed by atoms with Gasteiger partial charge < -0.3 is 14.8 Å². The van der Waals surface area contributed by atoms with Gasteiger partial charge in [-0.1, -0.05) is 30.3 Å². The van der Waals surface area contributed by atoms with Crippen molar-refractivity contribution in [1.82, 2.24) is 0 Å². The molecule has 3 rings (SSSR count). The average Bonchev–Trinajstić information content (AvgIpc) is 2.88. The zero-order valence-electron chi connectivity index (χ0n) is 20.3. The molecule has 36 heavy (non-hydrogen) atoms. The van der Waals surface area contributed by atoms with E-state index in [4.69, 9.17) is 9.47 Å². The lowest BCUT2D eigenvalue weighted by atomic mass is 10.1. The molecule has 0 radical (unpaired) electrons. The molecule has 0 aliphatic rings. The fourth-order valence-corrected chi connectivity index (χ4v) is 5.03. The molecule has 188 valence electrons. The lowest BCUT2D eigenvalue weighted by Gasteiger charge is -2.26. The summed E-state index contributed by atoms with van der Waals surface area (Å²) in [5.41, 5.74) is 1.93. The third kappa shape index (κ3) is 5.55. The molecule has 10 heteroatoms. The Kier molecular flexibility index (Phi) is 8.11. The van der Waals surface area contributed by atoms with Crippen LogP contribution in [0.4, 0.5) is 11.4 Å². The molecule has 0 unspecified atom stereocenters. The fourth-order valence-electron chi connectivity index (χ4n) is 3.53. The molecule has 0 saturated carbocycles. The normalized spacial score (nSPS) is 10.9. The van der Waals surface area contributed by atoms with Gasteiger partial charge in [0.1, 0.15) is 6.54 Å². The van der Waals surface area contributed by atoms with Gasteiger partial charge in [-0.2, -0.15) is 0 Å². The smallest absolute Gasteiger partial charge is 0.339 e. The minimum absolute atomic E-state index is 0.0114. The largest absolute Gasteiger partial charge is 0.465 e. The van der Waals surface area contributed by atoms with Crippen molar-refractivity contribution in [1.29, 1.82) is 0 Å². The van der Waals surface area contributed by atoms with Crippen LogP contribution < -0.4 is 9.62 Å². The van der Waals surface area contributed by atoms with Crippen LogP contribution >= 0.6 is 0 Å². The predicted octanol–water partition coefficient (Wildman–Crippen LogP) is 3.71. The first kappa shape index (κ1) is 26.4. The molecule has 0 atom stereocenters. The molecule has 3 aromatic rings. The maximum absolute atomic E-state index is 13.6. The molecule has 1 amide bonds. The summed E-state index contributed by atoms with van der Waals surface area (Å²) in [7, 11) is -1.75. The van der Waals surface area contributed by atoms with E-state index >= 15 is 0 Å². The number of ether oxygens (including phenoxy) is 2. The number of anilines is 2. The van der Waals surface area contributed by atoms with Crippen LogP contribution in [0.15, 0.2) is 71.6 Å². The first-order chi connectivity index (χ1) is 17.1. The summed E-state index contributed by atoms with van der Waals surface area (Å²) in [5.74, 6) is -2.15. The van der Waals surface area contributed by atoms with Crippen molar-refractivity contribution >= 4 is 39.2 Å². The molecule has 0 saturated heterocycles. The van der Waals surface area contributed by atoms with Gasteiger partial charge >= 0.3 is 11.9 Å². The highest BCUT2D eigenvalue weighted by Crippen LogP contribution is 2.29. The number of hydrogen-bond acceptors (Lipinski definition) is 7. The van der Waals surface area contributed by atoms with Crippen LogP contribution in [0.5, 0.6) is 0 Å². The van der Waals surface area contributed by atoms with Gasteiger partial charge in [0.2, 0.25) is 5.91 Å². The van der Waals surface area contributed by atoms with Gasteiger partial charge in [-0.15, -0.1) is 0 Å². The van der Waals surface area contributed by atoms with Crippen molar-refractivity contribution < 1.29 is 32.3 Å². The molecule has 0 aromatic heterocycles. The Labute approximate surface area is 209 Å². The minimum atomic E-state index is -4.13. The van der Waals surface area contributed by atoms with E-state index in [2.05, 4.69) is 5.32 Å². The summed E-state index contributed by atoms with van der Waals surface area (Å²) in [4.78, 5) is 37.4. The molecule has 0 fully saturated rings. The highest BCUT2D eigenvalue weighted by molar-refractivity contribution is 7.92. The van der Waals surface area contributed by atoms with E-state index in [-0.39, 0.29) is 21.7 Å². The van der Waals surface area contributed by atoms with Crippen LogP contribution in [0.2, 0.25) is 0 Å². The summed E-state index contributed by atoms with van der Waals surface area (Å²) in [6.45, 7) is 3.02. The van der Waals surface area contributed by atoms with Gasteiger partial charge in [-0.25, -0.2) is 18.0 Å². The first-order valence-corrected chi connectivity index (χ1v) is 12.3. The van der Waals surface area contributed by atoms with Crippen LogP contribution in [-0.4, -0.2) is 47.0 Å². The summed E-state index contributed by atoms with van der Waals surface area (Å²) < 4.78 is 37.7. The summed E-state index contributed by atoms with van der Waals surface area (Å²) in [6, 6.07) is 16.9. The number of carbonyl (C=O) groups excluding carboxylic acids is 3. The van der Waals surface area contributed by atoms with Crippen molar-refractivity contribution in [2.75, 3.05) is 30.4 Å². The maximum Gasteiger partial charge on any atom is 0.339 e. The van der Waals surface area contributed by atoms with E-state index in [1.807, 2.05) is 13.0 Å². The van der Waals surface area contributed by atoms with Crippen LogP contribution in [0, 0.1) is 13.8 Å². The molecule has 1 N–H and O–H groups in total. The minimum Gasteiger partial charge on any atom is -0.465 e. The second-order valence-electron chi connectivity index (χ2n) is 7.84. The van der Waals surface area contributed by atoms with Gasteiger partial charge in [0.05, 0.1) is 41.6 Å². The quantitative estimate of drug-likeness (QED) is 0.459. The van der Waals surface area contributed by atoms with E-state index in [0.29, 0.717) is 11.3 Å². The van der Waals surface area contributed by atoms with Gasteiger partial charge in [0, 0.05) is 0 Å². The average molecular weight is 511 g/mol. The van der Waals surface area contributed by atoms with Crippen LogP contribution in [0.3, 0.4) is 0 Å². The zero-order valence-corrected chi connectivity index (χ0v) is 21.1. The van der Waals surface area contributed by atoms with E-state index in [0.717, 1.165) is 9.87 Å². The number of benzene rings is 3. The van der Waals surface area contributed by atoms with Gasteiger partial charge in [-0.05, 0) is 61.4 Å². The van der Waals surface area contributed by atoms with Crippen molar-refractivity contribution in [2.24, 2.45) is 0 Å². The van der Waals surface area contributed by atoms with E-state index < -0.39 is 34.4 Å². The highest BCUT2D eigenvalue weighted by atomic mass is 32.2. The third-order valence-corrected chi connectivity index (χ3v) is 7.36. The first-order valence-electron chi connectivity index (χ1n) is 10.8. The molecule has 9 nitrogen and oxygen atoms in total. The molecule has 0 spiro atoms. The van der Waals surface area contributed by atoms with Crippen molar-refractivity contribution in [3.05, 3.63) is 89.0 Å². The number of rotatable bonds is 8. The fraction of sp³-hybridized carbons (Fsp3) is 0.192. The number of amides is 1. The number of carbonyl (C=O) groups is 3. The Bertz CT molecular complexity index is 1400. The molecule has 0 heterocycles. The van der Waals surface area contributed by atoms with Crippen LogP contribution in [0.1, 0.15) is 31.8 Å². The van der Waals surface area contributed by atoms with E-state index in [1.165, 1.54) is 44.6 Å². The number of methoxy groups -OCH3 is 2. The standard InChI is InChI=1S/C26H26N2O7S/c1-17-9-8-12-23(18(17)2)28(36(32,33)20-10-6-5-7-11-20)16-24(29)27-22-15-19(25(30)34-3)13-14-21(22)26(31)35-4/h5-15H,16H2,1-4H3,(H,27,29). The Morgan fingerprint density at radius 3 is 2.17 bits per heavy atom. The second kappa shape index (κ2) is 11.0. The Balaban J connectivity index is 2.04. The second-order valence-corrected chi connectivity index (χ2v) is 9.70. The molecule has 3 aromatic carbocycles. The number of sulfonamides is 1. The molecule has 0 aliphatic carbocycles. The van der Waals surface area contributed by atoms with Crippen molar-refractivity contribution in [2.45, 2.75) is 18.7 Å². The maximum atomic E-state index is 13.6. The van der Waals surface area contributed by atoms with Crippen LogP contribution in [-0.2, 0) is 24.3 Å². The summed E-state index contributed by atoms with van der Waals surface area (Å²) in [6.07, 6.45) is 0. The predicted molar refractivity (Wildman–Crippen MR) is 135 cm³/mol. The molecular weight excluding hydrogens is 484 g/mol. The Morgan fingerprint density at radius 2 is 1.53 bits per heavy atom. The van der Waals surface area contributed by atoms with E-state index in [9.17, 15) is 22.8 Å². The zero-order chi connectivity index (χ0) is 26.5. The van der Waals surface area contributed by atoms with Gasteiger partial charge in [-0.3, -0.25) is 9.10 Å². The number of hydrogen-bond donors (Lipinski definition) is 1. The monoisotopic (exact) mass is 510 g/mol. The molecule has 0 bridgehead atoms. The number of aryl methyl sites for hydroxylation is 1. The summed E-state index contributed by atoms with van der Waals surface area (Å²) >= 11 is 0. The number of esters is 2.